The van der Waals surface area contributed by atoms with E-state index in [1.807, 2.05) is 6.08 Å². The maximum Gasteiger partial charge on any atom is 0.0958 e. The van der Waals surface area contributed by atoms with Gasteiger partial charge in [-0.05, 0) is 85.7 Å². The average Bonchev–Trinajstić information content (AvgIpc) is 3.47. The lowest BCUT2D eigenvalue weighted by Crippen LogP contribution is -2.55. The summed E-state index contributed by atoms with van der Waals surface area (Å²) in [6.07, 6.45) is 16.6. The van der Waals surface area contributed by atoms with E-state index in [4.69, 9.17) is 4.74 Å². The van der Waals surface area contributed by atoms with E-state index < -0.39 is 5.60 Å². The molecule has 0 amide bonds. The highest BCUT2D eigenvalue weighted by atomic mass is 16.5. The van der Waals surface area contributed by atoms with Crippen molar-refractivity contribution in [3.63, 3.8) is 0 Å². The van der Waals surface area contributed by atoms with E-state index in [1.54, 1.807) is 13.2 Å². The Kier molecular flexibility index (Phi) is 4.15. The molecule has 3 nitrogen and oxygen atoms in total. The fourth-order valence-electron chi connectivity index (χ4n) is 8.14. The smallest absolute Gasteiger partial charge is 0.0958 e. The maximum atomic E-state index is 11.8. The lowest BCUT2D eigenvalue weighted by atomic mass is 9.48. The predicted molar refractivity (Wildman–Crippen MR) is 106 cm³/mol. The SMILES string of the molecule is CCC12CCC3C(CC=C4C=C(OC)CC[C@@H]43)C1[C@@H]1C[C@@H]1C2(O)/C=C\CO. The highest BCUT2D eigenvalue weighted by Gasteiger charge is 2.75. The molecule has 3 saturated carbocycles. The molecule has 0 radical (unpaired) electrons. The molecule has 0 aliphatic heterocycles. The van der Waals surface area contributed by atoms with E-state index in [0.29, 0.717) is 23.7 Å². The molecule has 0 aromatic heterocycles. The van der Waals surface area contributed by atoms with Crippen molar-refractivity contribution < 1.29 is 14.9 Å². The molecule has 0 heterocycles. The summed E-state index contributed by atoms with van der Waals surface area (Å²) in [6.45, 7) is 2.31. The van der Waals surface area contributed by atoms with Crippen molar-refractivity contribution in [2.24, 2.45) is 40.9 Å². The topological polar surface area (TPSA) is 49.7 Å². The molecular formula is C24H34O3. The Morgan fingerprint density at radius 3 is 2.85 bits per heavy atom. The van der Waals surface area contributed by atoms with E-state index in [0.717, 1.165) is 36.9 Å². The van der Waals surface area contributed by atoms with Crippen molar-refractivity contribution in [1.29, 1.82) is 0 Å². The van der Waals surface area contributed by atoms with Gasteiger partial charge in [0.15, 0.2) is 0 Å². The van der Waals surface area contributed by atoms with Crippen LogP contribution in [0.4, 0.5) is 0 Å². The van der Waals surface area contributed by atoms with Crippen molar-refractivity contribution in [2.45, 2.75) is 57.5 Å². The van der Waals surface area contributed by atoms with Gasteiger partial charge in [-0.3, -0.25) is 0 Å². The zero-order valence-corrected chi connectivity index (χ0v) is 16.7. The second-order valence-corrected chi connectivity index (χ2v) is 9.72. The zero-order chi connectivity index (χ0) is 18.8. The van der Waals surface area contributed by atoms with Crippen molar-refractivity contribution >= 4 is 0 Å². The van der Waals surface area contributed by atoms with E-state index in [2.05, 4.69) is 19.1 Å². The monoisotopic (exact) mass is 370 g/mol. The third-order valence-corrected chi connectivity index (χ3v) is 9.21. The van der Waals surface area contributed by atoms with Crippen LogP contribution < -0.4 is 0 Å². The van der Waals surface area contributed by atoms with Gasteiger partial charge in [0.2, 0.25) is 0 Å². The van der Waals surface area contributed by atoms with Crippen LogP contribution in [0.5, 0.6) is 0 Å². The molecule has 0 saturated heterocycles. The molecule has 0 aromatic carbocycles. The minimum atomic E-state index is -0.704. The average molecular weight is 371 g/mol. The van der Waals surface area contributed by atoms with Crippen LogP contribution in [0, 0.1) is 40.9 Å². The predicted octanol–water partition coefficient (Wildman–Crippen LogP) is 4.22. The van der Waals surface area contributed by atoms with Gasteiger partial charge in [-0.1, -0.05) is 25.2 Å². The third-order valence-electron chi connectivity index (χ3n) is 9.21. The van der Waals surface area contributed by atoms with Gasteiger partial charge in [0.25, 0.3) is 0 Å². The van der Waals surface area contributed by atoms with Crippen LogP contribution in [-0.4, -0.2) is 29.5 Å². The molecule has 3 fully saturated rings. The summed E-state index contributed by atoms with van der Waals surface area (Å²) < 4.78 is 5.53. The molecule has 148 valence electrons. The standard InChI is InChI=1S/C24H34O3/c1-3-23-11-9-18-17-8-6-16(27-2)13-15(17)5-7-19(18)22(23)20-14-21(20)24(23,26)10-4-12-25/h4-5,10,13,17-22,25-26H,3,6-9,11-12,14H2,1-2H3/b10-4-/t17-,18?,19?,20+,21-,22?,23?,24?/m0/s1. The lowest BCUT2D eigenvalue weighted by Gasteiger charge is -2.57. The van der Waals surface area contributed by atoms with Crippen molar-refractivity contribution in [2.75, 3.05) is 13.7 Å². The van der Waals surface area contributed by atoms with Gasteiger partial charge in [0.05, 0.1) is 25.1 Å². The molecule has 27 heavy (non-hydrogen) atoms. The van der Waals surface area contributed by atoms with Crippen molar-refractivity contribution in [3.8, 4) is 0 Å². The van der Waals surface area contributed by atoms with Crippen LogP contribution in [0.2, 0.25) is 0 Å². The van der Waals surface area contributed by atoms with E-state index in [-0.39, 0.29) is 12.0 Å². The molecule has 0 spiro atoms. The molecule has 3 heteroatoms. The number of allylic oxidation sites excluding steroid dienone is 4. The first kappa shape index (κ1) is 18.0. The normalized spacial score (nSPS) is 50.2. The van der Waals surface area contributed by atoms with Crippen LogP contribution in [0.25, 0.3) is 0 Å². The van der Waals surface area contributed by atoms with Gasteiger partial charge >= 0.3 is 0 Å². The van der Waals surface area contributed by atoms with Crippen LogP contribution in [0.1, 0.15) is 51.9 Å². The summed E-state index contributed by atoms with van der Waals surface area (Å²) in [5.74, 6) is 5.07. The summed E-state index contributed by atoms with van der Waals surface area (Å²) in [4.78, 5) is 0. The van der Waals surface area contributed by atoms with Gasteiger partial charge in [-0.15, -0.1) is 0 Å². The lowest BCUT2D eigenvalue weighted by molar-refractivity contribution is -0.121. The summed E-state index contributed by atoms with van der Waals surface area (Å²) in [7, 11) is 1.79. The number of aliphatic hydroxyl groups excluding tert-OH is 1. The first-order valence-electron chi connectivity index (χ1n) is 11.0. The molecule has 5 aliphatic carbocycles. The summed E-state index contributed by atoms with van der Waals surface area (Å²) in [6, 6.07) is 0. The van der Waals surface area contributed by atoms with Gasteiger partial charge in [-0.2, -0.15) is 0 Å². The number of hydrogen-bond acceptors (Lipinski definition) is 3. The number of rotatable bonds is 4. The van der Waals surface area contributed by atoms with Crippen LogP contribution >= 0.6 is 0 Å². The number of hydrogen-bond donors (Lipinski definition) is 2. The van der Waals surface area contributed by atoms with E-state index >= 15 is 0 Å². The first-order chi connectivity index (χ1) is 13.1. The summed E-state index contributed by atoms with van der Waals surface area (Å²) >= 11 is 0. The Morgan fingerprint density at radius 2 is 2.11 bits per heavy atom. The Bertz CT molecular complexity index is 706. The molecule has 5 rings (SSSR count). The van der Waals surface area contributed by atoms with Gasteiger partial charge in [0, 0.05) is 11.8 Å². The molecule has 8 atom stereocenters. The Hall–Kier alpha value is -1.06. The number of aliphatic hydroxyl groups is 2. The quantitative estimate of drug-likeness (QED) is 0.728. The molecule has 5 aliphatic rings. The minimum absolute atomic E-state index is 0.0148. The third kappa shape index (κ3) is 2.28. The minimum Gasteiger partial charge on any atom is -0.501 e. The second kappa shape index (κ2) is 6.22. The van der Waals surface area contributed by atoms with Crippen molar-refractivity contribution in [3.05, 3.63) is 35.6 Å². The molecule has 0 bridgehead atoms. The molecule has 2 N–H and O–H groups in total. The number of methoxy groups -OCH3 is 1. The summed E-state index contributed by atoms with van der Waals surface area (Å²) in [5.41, 5.74) is 0.829. The van der Waals surface area contributed by atoms with Crippen LogP contribution in [0.15, 0.2) is 35.6 Å². The molecule has 5 unspecified atom stereocenters. The molecular weight excluding hydrogens is 336 g/mol. The first-order valence-corrected chi connectivity index (χ1v) is 11.0. The Morgan fingerprint density at radius 1 is 1.26 bits per heavy atom. The Balaban J connectivity index is 1.50. The maximum absolute atomic E-state index is 11.8. The molecule has 0 aromatic rings. The highest BCUT2D eigenvalue weighted by Crippen LogP contribution is 2.76. The Labute approximate surface area is 163 Å². The fraction of sp³-hybridized carbons (Fsp3) is 0.750. The van der Waals surface area contributed by atoms with Crippen LogP contribution in [0.3, 0.4) is 0 Å². The van der Waals surface area contributed by atoms with Gasteiger partial charge in [0.1, 0.15) is 0 Å². The van der Waals surface area contributed by atoms with E-state index in [1.165, 1.54) is 31.3 Å². The van der Waals surface area contributed by atoms with Crippen molar-refractivity contribution in [1.82, 2.24) is 0 Å². The number of fused-ring (bicyclic) bond motifs is 7. The highest BCUT2D eigenvalue weighted by molar-refractivity contribution is 5.35. The van der Waals surface area contributed by atoms with Gasteiger partial charge in [-0.25, -0.2) is 0 Å². The van der Waals surface area contributed by atoms with Gasteiger partial charge < -0.3 is 14.9 Å². The van der Waals surface area contributed by atoms with E-state index in [9.17, 15) is 10.2 Å². The van der Waals surface area contributed by atoms with Crippen LogP contribution in [-0.2, 0) is 4.74 Å². The fourth-order valence-corrected chi connectivity index (χ4v) is 8.14. The summed E-state index contributed by atoms with van der Waals surface area (Å²) in [5, 5.41) is 21.2. The zero-order valence-electron chi connectivity index (χ0n) is 16.7. The second-order valence-electron chi connectivity index (χ2n) is 9.72. The largest absolute Gasteiger partial charge is 0.501 e. The number of ether oxygens (including phenoxy) is 1.